The van der Waals surface area contributed by atoms with E-state index in [0.29, 0.717) is 6.54 Å². The standard InChI is InChI=1S/C21H28N4O2/c1-16-17(12-23(2)22-16)13-24-14-20(26)25(21(15-24)10-4-5-11-21)18-6-8-19(27-3)9-7-18/h6-9,12H,4-5,10-11,13-15H2,1-3H3. The van der Waals surface area contributed by atoms with Crippen LogP contribution in [0.25, 0.3) is 0 Å². The Kier molecular flexibility index (Phi) is 4.68. The number of carbonyl (C=O) groups excluding carboxylic acids is 1. The molecule has 1 amide bonds. The third-order valence-electron chi connectivity index (χ3n) is 5.97. The number of aromatic nitrogens is 2. The van der Waals surface area contributed by atoms with Crippen molar-refractivity contribution in [1.82, 2.24) is 14.7 Å². The summed E-state index contributed by atoms with van der Waals surface area (Å²) < 4.78 is 7.13. The molecule has 2 aromatic rings. The zero-order valence-electron chi connectivity index (χ0n) is 16.4. The van der Waals surface area contributed by atoms with Crippen LogP contribution in [0.2, 0.25) is 0 Å². The van der Waals surface area contributed by atoms with Crippen LogP contribution in [0.4, 0.5) is 5.69 Å². The summed E-state index contributed by atoms with van der Waals surface area (Å²) in [6.45, 7) is 4.18. The van der Waals surface area contributed by atoms with Crippen molar-refractivity contribution < 1.29 is 9.53 Å². The van der Waals surface area contributed by atoms with Crippen molar-refractivity contribution in [2.45, 2.75) is 44.7 Å². The third-order valence-corrected chi connectivity index (χ3v) is 5.97. The van der Waals surface area contributed by atoms with Gasteiger partial charge >= 0.3 is 0 Å². The lowest BCUT2D eigenvalue weighted by atomic mass is 9.90. The molecule has 0 atom stereocenters. The molecule has 0 unspecified atom stereocenters. The van der Waals surface area contributed by atoms with Gasteiger partial charge in [0.15, 0.2) is 0 Å². The fourth-order valence-corrected chi connectivity index (χ4v) is 4.79. The zero-order valence-corrected chi connectivity index (χ0v) is 16.4. The first-order valence-corrected chi connectivity index (χ1v) is 9.69. The highest BCUT2D eigenvalue weighted by Gasteiger charge is 2.47. The molecule has 1 saturated heterocycles. The topological polar surface area (TPSA) is 50.6 Å². The van der Waals surface area contributed by atoms with E-state index in [4.69, 9.17) is 4.74 Å². The predicted octanol–water partition coefficient (Wildman–Crippen LogP) is 2.90. The van der Waals surface area contributed by atoms with Crippen LogP contribution >= 0.6 is 0 Å². The molecule has 27 heavy (non-hydrogen) atoms. The summed E-state index contributed by atoms with van der Waals surface area (Å²) in [7, 11) is 3.61. The number of hydrogen-bond acceptors (Lipinski definition) is 4. The molecule has 0 bridgehead atoms. The maximum atomic E-state index is 13.2. The predicted molar refractivity (Wildman–Crippen MR) is 105 cm³/mol. The number of hydrogen-bond donors (Lipinski definition) is 0. The largest absolute Gasteiger partial charge is 0.497 e. The minimum atomic E-state index is -0.0972. The molecule has 2 fully saturated rings. The maximum Gasteiger partial charge on any atom is 0.241 e. The van der Waals surface area contributed by atoms with Crippen LogP contribution in [-0.4, -0.2) is 46.3 Å². The molecule has 2 heterocycles. The van der Waals surface area contributed by atoms with Gasteiger partial charge in [0.1, 0.15) is 5.75 Å². The monoisotopic (exact) mass is 368 g/mol. The highest BCUT2D eigenvalue weighted by molar-refractivity contribution is 5.97. The summed E-state index contributed by atoms with van der Waals surface area (Å²) in [6, 6.07) is 7.91. The molecule has 0 N–H and O–H groups in total. The number of amides is 1. The van der Waals surface area contributed by atoms with Crippen LogP contribution in [0.3, 0.4) is 0 Å². The van der Waals surface area contributed by atoms with Gasteiger partial charge in [-0.15, -0.1) is 0 Å². The number of ether oxygens (including phenoxy) is 1. The molecule has 1 aliphatic heterocycles. The van der Waals surface area contributed by atoms with Crippen molar-refractivity contribution in [2.75, 3.05) is 25.1 Å². The number of rotatable bonds is 4. The minimum Gasteiger partial charge on any atom is -0.497 e. The van der Waals surface area contributed by atoms with Gasteiger partial charge in [-0.1, -0.05) is 12.8 Å². The molecule has 1 aromatic heterocycles. The molecule has 1 saturated carbocycles. The van der Waals surface area contributed by atoms with Gasteiger partial charge in [0, 0.05) is 37.6 Å². The quantitative estimate of drug-likeness (QED) is 0.833. The van der Waals surface area contributed by atoms with E-state index in [0.717, 1.165) is 43.1 Å². The molecule has 6 nitrogen and oxygen atoms in total. The van der Waals surface area contributed by atoms with Crippen molar-refractivity contribution in [1.29, 1.82) is 0 Å². The zero-order chi connectivity index (χ0) is 19.0. The van der Waals surface area contributed by atoms with Gasteiger partial charge in [-0.05, 0) is 44.0 Å². The lowest BCUT2D eigenvalue weighted by Gasteiger charge is -2.49. The van der Waals surface area contributed by atoms with E-state index in [1.165, 1.54) is 18.4 Å². The average Bonchev–Trinajstić information content (AvgIpc) is 3.21. The lowest BCUT2D eigenvalue weighted by Crippen LogP contribution is -2.63. The Morgan fingerprint density at radius 2 is 1.89 bits per heavy atom. The Morgan fingerprint density at radius 1 is 1.19 bits per heavy atom. The second-order valence-electron chi connectivity index (χ2n) is 7.92. The highest BCUT2D eigenvalue weighted by atomic mass is 16.5. The SMILES string of the molecule is COc1ccc(N2C(=O)CN(Cc3cn(C)nc3C)CC23CCCC3)cc1. The van der Waals surface area contributed by atoms with E-state index in [2.05, 4.69) is 21.1 Å². The summed E-state index contributed by atoms with van der Waals surface area (Å²) in [5, 5.41) is 4.45. The number of carbonyl (C=O) groups is 1. The van der Waals surface area contributed by atoms with Crippen molar-refractivity contribution in [3.8, 4) is 5.75 Å². The Bertz CT molecular complexity index is 821. The van der Waals surface area contributed by atoms with Crippen LogP contribution in [0.1, 0.15) is 36.9 Å². The molecule has 2 aliphatic rings. The van der Waals surface area contributed by atoms with Crippen LogP contribution in [0.15, 0.2) is 30.5 Å². The Labute approximate surface area is 160 Å². The Hall–Kier alpha value is -2.34. The molecule has 1 aromatic carbocycles. The van der Waals surface area contributed by atoms with Crippen LogP contribution < -0.4 is 9.64 Å². The normalized spacial score (nSPS) is 19.8. The van der Waals surface area contributed by atoms with E-state index in [9.17, 15) is 4.79 Å². The van der Waals surface area contributed by atoms with Gasteiger partial charge in [-0.2, -0.15) is 5.10 Å². The van der Waals surface area contributed by atoms with E-state index in [1.54, 1.807) is 7.11 Å². The third kappa shape index (κ3) is 3.34. The summed E-state index contributed by atoms with van der Waals surface area (Å²) in [4.78, 5) is 17.6. The number of anilines is 1. The molecule has 4 rings (SSSR count). The fraction of sp³-hybridized carbons (Fsp3) is 0.524. The molecular formula is C21H28N4O2. The number of aryl methyl sites for hydroxylation is 2. The van der Waals surface area contributed by atoms with Crippen molar-refractivity contribution >= 4 is 11.6 Å². The average molecular weight is 368 g/mol. The number of nitrogens with zero attached hydrogens (tertiary/aromatic N) is 4. The lowest BCUT2D eigenvalue weighted by molar-refractivity contribution is -0.124. The second-order valence-corrected chi connectivity index (χ2v) is 7.92. The molecule has 6 heteroatoms. The van der Waals surface area contributed by atoms with Gasteiger partial charge < -0.3 is 9.64 Å². The van der Waals surface area contributed by atoms with Gasteiger partial charge in [0.05, 0.1) is 24.9 Å². The van der Waals surface area contributed by atoms with E-state index >= 15 is 0 Å². The minimum absolute atomic E-state index is 0.0972. The van der Waals surface area contributed by atoms with E-state index in [-0.39, 0.29) is 11.4 Å². The first kappa shape index (κ1) is 18.0. The van der Waals surface area contributed by atoms with Crippen LogP contribution in [-0.2, 0) is 18.4 Å². The van der Waals surface area contributed by atoms with E-state index in [1.807, 2.05) is 42.9 Å². The van der Waals surface area contributed by atoms with Crippen molar-refractivity contribution in [3.63, 3.8) is 0 Å². The highest BCUT2D eigenvalue weighted by Crippen LogP contribution is 2.41. The molecule has 144 valence electrons. The van der Waals surface area contributed by atoms with Gasteiger partial charge in [0.25, 0.3) is 0 Å². The first-order chi connectivity index (χ1) is 13.0. The van der Waals surface area contributed by atoms with E-state index < -0.39 is 0 Å². The summed E-state index contributed by atoms with van der Waals surface area (Å²) in [5.74, 6) is 1.01. The van der Waals surface area contributed by atoms with Gasteiger partial charge in [-0.25, -0.2) is 0 Å². The van der Waals surface area contributed by atoms with Crippen molar-refractivity contribution in [3.05, 3.63) is 41.7 Å². The Morgan fingerprint density at radius 3 is 2.48 bits per heavy atom. The number of methoxy groups -OCH3 is 1. The fourth-order valence-electron chi connectivity index (χ4n) is 4.79. The molecule has 1 aliphatic carbocycles. The van der Waals surface area contributed by atoms with Crippen LogP contribution in [0, 0.1) is 6.92 Å². The summed E-state index contributed by atoms with van der Waals surface area (Å²) in [5.41, 5.74) is 3.14. The molecule has 0 radical (unpaired) electrons. The van der Waals surface area contributed by atoms with Crippen molar-refractivity contribution in [2.24, 2.45) is 7.05 Å². The molecular weight excluding hydrogens is 340 g/mol. The smallest absolute Gasteiger partial charge is 0.241 e. The van der Waals surface area contributed by atoms with Crippen LogP contribution in [0.5, 0.6) is 5.75 Å². The van der Waals surface area contributed by atoms with Gasteiger partial charge in [-0.3, -0.25) is 14.4 Å². The number of piperazine rings is 1. The summed E-state index contributed by atoms with van der Waals surface area (Å²) in [6.07, 6.45) is 6.55. The Balaban J connectivity index is 1.61. The summed E-state index contributed by atoms with van der Waals surface area (Å²) >= 11 is 0. The number of benzene rings is 1. The first-order valence-electron chi connectivity index (χ1n) is 9.69. The molecule has 1 spiro atoms. The van der Waals surface area contributed by atoms with Gasteiger partial charge in [0.2, 0.25) is 5.91 Å². The second kappa shape index (κ2) is 7.00. The maximum absolute atomic E-state index is 13.2.